The third-order valence-electron chi connectivity index (χ3n) is 5.21. The maximum absolute atomic E-state index is 12.7. The number of rotatable bonds is 7. The highest BCUT2D eigenvalue weighted by atomic mass is 35.5. The second kappa shape index (κ2) is 10.4. The molecule has 0 radical (unpaired) electrons. The van der Waals surface area contributed by atoms with Gasteiger partial charge in [0.2, 0.25) is 10.0 Å². The second-order valence-corrected chi connectivity index (χ2v) is 9.26. The number of carbonyl (C=O) groups is 1. The molecule has 1 aliphatic rings. The quantitative estimate of drug-likeness (QED) is 0.740. The first-order valence-electron chi connectivity index (χ1n) is 9.29. The summed E-state index contributed by atoms with van der Waals surface area (Å²) in [6, 6.07) is 6.18. The average Bonchev–Trinajstić information content (AvgIpc) is 2.65. The van der Waals surface area contributed by atoms with Crippen LogP contribution in [0.5, 0.6) is 0 Å². The smallest absolute Gasteiger partial charge is 0.253 e. The highest BCUT2D eigenvalue weighted by Crippen LogP contribution is 2.22. The molecule has 0 unspecified atom stereocenters. The van der Waals surface area contributed by atoms with E-state index >= 15 is 0 Å². The minimum atomic E-state index is -3.52. The van der Waals surface area contributed by atoms with Crippen molar-refractivity contribution >= 4 is 28.3 Å². The topological polar surface area (TPSA) is 69.7 Å². The summed E-state index contributed by atoms with van der Waals surface area (Å²) in [5, 5.41) is 3.17. The molecular weight excluding hydrogens is 386 g/mol. The van der Waals surface area contributed by atoms with Crippen LogP contribution >= 0.6 is 12.4 Å². The summed E-state index contributed by atoms with van der Waals surface area (Å²) in [5.74, 6) is 0.656. The van der Waals surface area contributed by atoms with Gasteiger partial charge in [0.25, 0.3) is 5.91 Å². The number of sulfonamides is 1. The van der Waals surface area contributed by atoms with E-state index in [1.165, 1.54) is 16.4 Å². The summed E-state index contributed by atoms with van der Waals surface area (Å²) < 4.78 is 26.3. The molecule has 1 N–H and O–H groups in total. The van der Waals surface area contributed by atoms with Crippen molar-refractivity contribution in [3.63, 3.8) is 0 Å². The van der Waals surface area contributed by atoms with Crippen LogP contribution < -0.4 is 5.32 Å². The number of hydrogen-bond donors (Lipinski definition) is 1. The molecule has 6 nitrogen and oxygen atoms in total. The van der Waals surface area contributed by atoms with Gasteiger partial charge >= 0.3 is 0 Å². The van der Waals surface area contributed by atoms with E-state index in [1.54, 1.807) is 19.2 Å². The molecule has 0 atom stereocenters. The van der Waals surface area contributed by atoms with Crippen molar-refractivity contribution in [1.82, 2.24) is 14.5 Å². The van der Waals surface area contributed by atoms with Crippen LogP contribution in [-0.2, 0) is 10.0 Å². The first-order chi connectivity index (χ1) is 12.3. The van der Waals surface area contributed by atoms with Gasteiger partial charge in [-0.05, 0) is 76.9 Å². The number of hydrogen-bond acceptors (Lipinski definition) is 4. The number of likely N-dealkylation sites (tertiary alicyclic amines) is 1. The molecule has 0 saturated carbocycles. The van der Waals surface area contributed by atoms with Gasteiger partial charge in [-0.25, -0.2) is 8.42 Å². The zero-order chi connectivity index (χ0) is 19.3. The van der Waals surface area contributed by atoms with Crippen molar-refractivity contribution in [2.45, 2.75) is 44.0 Å². The third-order valence-corrected chi connectivity index (χ3v) is 7.26. The Hall–Kier alpha value is -1.15. The average molecular weight is 418 g/mol. The van der Waals surface area contributed by atoms with Crippen LogP contribution in [0.3, 0.4) is 0 Å². The first kappa shape index (κ1) is 23.9. The number of benzene rings is 1. The summed E-state index contributed by atoms with van der Waals surface area (Å²) in [7, 11) is 0.00728. The molecule has 1 heterocycles. The Morgan fingerprint density at radius 1 is 1.22 bits per heavy atom. The molecule has 0 spiro atoms. The maximum Gasteiger partial charge on any atom is 0.253 e. The predicted octanol–water partition coefficient (Wildman–Crippen LogP) is 2.60. The van der Waals surface area contributed by atoms with Crippen molar-refractivity contribution < 1.29 is 13.2 Å². The monoisotopic (exact) mass is 417 g/mol. The van der Waals surface area contributed by atoms with Crippen molar-refractivity contribution in [3.05, 3.63) is 29.8 Å². The molecule has 0 aliphatic carbocycles. The van der Waals surface area contributed by atoms with Crippen LogP contribution in [0.25, 0.3) is 0 Å². The van der Waals surface area contributed by atoms with Crippen LogP contribution in [0.2, 0.25) is 0 Å². The summed E-state index contributed by atoms with van der Waals surface area (Å²) in [5.41, 5.74) is 0.546. The fourth-order valence-corrected chi connectivity index (χ4v) is 4.54. The van der Waals surface area contributed by atoms with E-state index in [2.05, 4.69) is 5.32 Å². The lowest BCUT2D eigenvalue weighted by Crippen LogP contribution is -2.39. The van der Waals surface area contributed by atoms with Gasteiger partial charge in [0.15, 0.2) is 0 Å². The normalized spacial score (nSPS) is 15.9. The molecule has 1 fully saturated rings. The molecule has 154 valence electrons. The molecule has 0 bridgehead atoms. The summed E-state index contributed by atoms with van der Waals surface area (Å²) in [4.78, 5) is 14.8. The van der Waals surface area contributed by atoms with Gasteiger partial charge in [0, 0.05) is 31.7 Å². The SMILES string of the molecule is CNCCC1CCN(C(=O)c2ccc(S(=O)(=O)N(C)C(C)C)cc2)CC1.Cl. The molecule has 0 aromatic heterocycles. The van der Waals surface area contributed by atoms with E-state index in [0.29, 0.717) is 11.5 Å². The number of nitrogens with zero attached hydrogens (tertiary/aromatic N) is 2. The van der Waals surface area contributed by atoms with E-state index < -0.39 is 10.0 Å². The standard InChI is InChI=1S/C19H31N3O3S.ClH/c1-15(2)21(4)26(24,25)18-7-5-17(6-8-18)19(23)22-13-10-16(11-14-22)9-12-20-3;/h5-8,15-16,20H,9-14H2,1-4H3;1H. The lowest BCUT2D eigenvalue weighted by atomic mass is 9.93. The summed E-state index contributed by atoms with van der Waals surface area (Å²) >= 11 is 0. The molecule has 1 aromatic carbocycles. The molecule has 8 heteroatoms. The van der Waals surface area contributed by atoms with Gasteiger partial charge in [-0.15, -0.1) is 12.4 Å². The molecule has 1 aliphatic heterocycles. The molecule has 27 heavy (non-hydrogen) atoms. The van der Waals surface area contributed by atoms with Crippen molar-refractivity contribution in [2.75, 3.05) is 33.7 Å². The van der Waals surface area contributed by atoms with Crippen LogP contribution in [0.15, 0.2) is 29.2 Å². The van der Waals surface area contributed by atoms with Gasteiger partial charge in [-0.3, -0.25) is 4.79 Å². The Bertz CT molecular complexity index is 699. The number of piperidine rings is 1. The summed E-state index contributed by atoms with van der Waals surface area (Å²) in [6.07, 6.45) is 3.20. The Morgan fingerprint density at radius 2 is 1.78 bits per heavy atom. The van der Waals surface area contributed by atoms with Gasteiger partial charge < -0.3 is 10.2 Å². The number of amides is 1. The molecule has 1 aromatic rings. The van der Waals surface area contributed by atoms with Gasteiger partial charge in [-0.1, -0.05) is 0 Å². The number of halogens is 1. The van der Waals surface area contributed by atoms with Gasteiger partial charge in [0.05, 0.1) is 4.90 Å². The second-order valence-electron chi connectivity index (χ2n) is 7.27. The lowest BCUT2D eigenvalue weighted by molar-refractivity contribution is 0.0687. The first-order valence-corrected chi connectivity index (χ1v) is 10.7. The van der Waals surface area contributed by atoms with Crippen molar-refractivity contribution in [1.29, 1.82) is 0 Å². The highest BCUT2D eigenvalue weighted by Gasteiger charge is 2.25. The fraction of sp³-hybridized carbons (Fsp3) is 0.632. The molecular formula is C19H32ClN3O3S. The van der Waals surface area contributed by atoms with Crippen LogP contribution in [-0.4, -0.2) is 63.3 Å². The zero-order valence-corrected chi connectivity index (χ0v) is 18.3. The van der Waals surface area contributed by atoms with E-state index in [-0.39, 0.29) is 29.3 Å². The minimum absolute atomic E-state index is 0. The van der Waals surface area contributed by atoms with Crippen LogP contribution in [0.4, 0.5) is 0 Å². The van der Waals surface area contributed by atoms with Crippen molar-refractivity contribution in [3.8, 4) is 0 Å². The third kappa shape index (κ3) is 5.91. The van der Waals surface area contributed by atoms with Crippen LogP contribution in [0, 0.1) is 5.92 Å². The van der Waals surface area contributed by atoms with Gasteiger partial charge in [-0.2, -0.15) is 4.31 Å². The largest absolute Gasteiger partial charge is 0.339 e. The Morgan fingerprint density at radius 3 is 2.26 bits per heavy atom. The zero-order valence-electron chi connectivity index (χ0n) is 16.6. The van der Waals surface area contributed by atoms with Crippen molar-refractivity contribution in [2.24, 2.45) is 5.92 Å². The van der Waals surface area contributed by atoms with E-state index in [9.17, 15) is 13.2 Å². The number of carbonyl (C=O) groups excluding carboxylic acids is 1. The number of nitrogens with one attached hydrogen (secondary N) is 1. The molecule has 1 amide bonds. The van der Waals surface area contributed by atoms with Gasteiger partial charge in [0.1, 0.15) is 0 Å². The predicted molar refractivity (Wildman–Crippen MR) is 111 cm³/mol. The Balaban J connectivity index is 0.00000364. The minimum Gasteiger partial charge on any atom is -0.339 e. The Labute approximate surface area is 169 Å². The van der Waals surface area contributed by atoms with Crippen LogP contribution in [0.1, 0.15) is 43.5 Å². The van der Waals surface area contributed by atoms with E-state index in [1.807, 2.05) is 25.8 Å². The lowest BCUT2D eigenvalue weighted by Gasteiger charge is -2.32. The Kier molecular flexibility index (Phi) is 9.21. The fourth-order valence-electron chi connectivity index (χ4n) is 3.17. The van der Waals surface area contributed by atoms with E-state index in [4.69, 9.17) is 0 Å². The maximum atomic E-state index is 12.7. The highest BCUT2D eigenvalue weighted by molar-refractivity contribution is 7.89. The molecule has 1 saturated heterocycles. The summed E-state index contributed by atoms with van der Waals surface area (Å²) in [6.45, 7) is 6.21. The molecule has 2 rings (SSSR count). The van der Waals surface area contributed by atoms with E-state index in [0.717, 1.165) is 38.9 Å².